The second kappa shape index (κ2) is 5.12. The van der Waals surface area contributed by atoms with Crippen molar-refractivity contribution in [3.05, 3.63) is 41.8 Å². The molecule has 0 radical (unpaired) electrons. The van der Waals surface area contributed by atoms with Gasteiger partial charge in [-0.2, -0.15) is 0 Å². The Labute approximate surface area is 106 Å². The lowest BCUT2D eigenvalue weighted by molar-refractivity contribution is 0.628. The van der Waals surface area contributed by atoms with E-state index in [9.17, 15) is 4.39 Å². The molecule has 0 atom stereocenters. The number of nitrogens with one attached hydrogen (secondary N) is 1. The van der Waals surface area contributed by atoms with Crippen LogP contribution in [0.5, 0.6) is 0 Å². The van der Waals surface area contributed by atoms with Crippen molar-refractivity contribution < 1.29 is 4.39 Å². The molecule has 2 aromatic rings. The predicted octanol–water partition coefficient (Wildman–Crippen LogP) is 3.45. The Kier molecular flexibility index (Phi) is 3.55. The van der Waals surface area contributed by atoms with E-state index in [0.717, 1.165) is 16.9 Å². The molecule has 0 aliphatic carbocycles. The van der Waals surface area contributed by atoms with Gasteiger partial charge in [0.15, 0.2) is 5.82 Å². The molecule has 18 heavy (non-hydrogen) atoms. The lowest BCUT2D eigenvalue weighted by Gasteiger charge is -2.12. The van der Waals surface area contributed by atoms with E-state index in [2.05, 4.69) is 29.1 Å². The Morgan fingerprint density at radius 1 is 1.17 bits per heavy atom. The summed E-state index contributed by atoms with van der Waals surface area (Å²) in [5, 5.41) is 3.07. The summed E-state index contributed by atoms with van der Waals surface area (Å²) < 4.78 is 12.9. The highest BCUT2D eigenvalue weighted by atomic mass is 19.1. The highest BCUT2D eigenvalue weighted by Crippen LogP contribution is 2.24. The fourth-order valence-corrected chi connectivity index (χ4v) is 1.75. The van der Waals surface area contributed by atoms with Gasteiger partial charge in [0.25, 0.3) is 0 Å². The fraction of sp³-hybridized carbons (Fsp3) is 0.286. The molecule has 0 spiro atoms. The van der Waals surface area contributed by atoms with E-state index in [4.69, 9.17) is 0 Å². The number of rotatable bonds is 3. The summed E-state index contributed by atoms with van der Waals surface area (Å²) in [5.74, 6) is 1.52. The second-order valence-electron chi connectivity index (χ2n) is 4.41. The quantitative estimate of drug-likeness (QED) is 0.900. The number of hydrogen-bond acceptors (Lipinski definition) is 3. The van der Waals surface area contributed by atoms with E-state index in [1.807, 2.05) is 13.2 Å². The Morgan fingerprint density at radius 2 is 1.83 bits per heavy atom. The number of aromatic nitrogens is 2. The molecule has 0 saturated carbocycles. The van der Waals surface area contributed by atoms with Gasteiger partial charge >= 0.3 is 0 Å². The number of benzene rings is 1. The van der Waals surface area contributed by atoms with Crippen molar-refractivity contribution in [3.8, 4) is 11.4 Å². The van der Waals surface area contributed by atoms with Crippen molar-refractivity contribution in [2.24, 2.45) is 0 Å². The topological polar surface area (TPSA) is 37.8 Å². The minimum atomic E-state index is -0.258. The summed E-state index contributed by atoms with van der Waals surface area (Å²) in [6.07, 6.45) is 1.82. The Hall–Kier alpha value is -1.97. The summed E-state index contributed by atoms with van der Waals surface area (Å²) in [6.45, 7) is 4.19. The molecule has 1 N–H and O–H groups in total. The molecule has 2 rings (SSSR count). The van der Waals surface area contributed by atoms with E-state index < -0.39 is 0 Å². The molecule has 1 aromatic heterocycles. The standard InChI is InChI=1S/C14H16FN3/c1-9(2)12-8-17-13(18-14(12)16-3)10-4-6-11(15)7-5-10/h4-9H,1-3H3,(H,16,17,18). The summed E-state index contributed by atoms with van der Waals surface area (Å²) in [4.78, 5) is 8.80. The Bertz CT molecular complexity index is 535. The molecule has 0 amide bonds. The third-order valence-electron chi connectivity index (χ3n) is 2.78. The van der Waals surface area contributed by atoms with Crippen molar-refractivity contribution in [2.45, 2.75) is 19.8 Å². The molecule has 0 saturated heterocycles. The lowest BCUT2D eigenvalue weighted by atomic mass is 10.1. The third-order valence-corrected chi connectivity index (χ3v) is 2.78. The Morgan fingerprint density at radius 3 is 2.39 bits per heavy atom. The minimum Gasteiger partial charge on any atom is -0.373 e. The highest BCUT2D eigenvalue weighted by Gasteiger charge is 2.10. The van der Waals surface area contributed by atoms with Crippen LogP contribution in [0.1, 0.15) is 25.3 Å². The van der Waals surface area contributed by atoms with Crippen LogP contribution in [0.3, 0.4) is 0 Å². The van der Waals surface area contributed by atoms with Gasteiger partial charge in [-0.05, 0) is 30.2 Å². The number of nitrogens with zero attached hydrogens (tertiary/aromatic N) is 2. The molecule has 0 unspecified atom stereocenters. The van der Waals surface area contributed by atoms with Crippen molar-refractivity contribution >= 4 is 5.82 Å². The molecule has 4 heteroatoms. The first-order valence-electron chi connectivity index (χ1n) is 5.92. The average Bonchev–Trinajstić information content (AvgIpc) is 2.38. The molecule has 0 aliphatic rings. The zero-order chi connectivity index (χ0) is 13.1. The van der Waals surface area contributed by atoms with E-state index in [1.165, 1.54) is 12.1 Å². The van der Waals surface area contributed by atoms with Crippen LogP contribution in [0.25, 0.3) is 11.4 Å². The van der Waals surface area contributed by atoms with Gasteiger partial charge in [-0.25, -0.2) is 14.4 Å². The lowest BCUT2D eigenvalue weighted by Crippen LogP contribution is -2.03. The summed E-state index contributed by atoms with van der Waals surface area (Å²) >= 11 is 0. The molecule has 1 heterocycles. The van der Waals surface area contributed by atoms with Crippen LogP contribution in [-0.2, 0) is 0 Å². The van der Waals surface area contributed by atoms with Crippen LogP contribution in [0.2, 0.25) is 0 Å². The summed E-state index contributed by atoms with van der Waals surface area (Å²) in [7, 11) is 1.84. The van der Waals surface area contributed by atoms with Crippen LogP contribution < -0.4 is 5.32 Å². The highest BCUT2D eigenvalue weighted by molar-refractivity contribution is 5.58. The fourth-order valence-electron chi connectivity index (χ4n) is 1.75. The first-order chi connectivity index (χ1) is 8.61. The van der Waals surface area contributed by atoms with Gasteiger partial charge in [-0.15, -0.1) is 0 Å². The maximum Gasteiger partial charge on any atom is 0.161 e. The van der Waals surface area contributed by atoms with Crippen LogP contribution in [0.15, 0.2) is 30.5 Å². The zero-order valence-electron chi connectivity index (χ0n) is 10.7. The van der Waals surface area contributed by atoms with E-state index >= 15 is 0 Å². The van der Waals surface area contributed by atoms with Gasteiger partial charge in [0.05, 0.1) is 0 Å². The monoisotopic (exact) mass is 245 g/mol. The number of anilines is 1. The van der Waals surface area contributed by atoms with Gasteiger partial charge < -0.3 is 5.32 Å². The van der Waals surface area contributed by atoms with Crippen LogP contribution in [0.4, 0.5) is 10.2 Å². The van der Waals surface area contributed by atoms with Crippen LogP contribution in [-0.4, -0.2) is 17.0 Å². The smallest absolute Gasteiger partial charge is 0.161 e. The minimum absolute atomic E-state index is 0.258. The third kappa shape index (κ3) is 2.47. The van der Waals surface area contributed by atoms with Crippen molar-refractivity contribution in [2.75, 3.05) is 12.4 Å². The normalized spacial score (nSPS) is 10.7. The van der Waals surface area contributed by atoms with Crippen molar-refractivity contribution in [1.29, 1.82) is 0 Å². The first kappa shape index (κ1) is 12.5. The van der Waals surface area contributed by atoms with E-state index in [1.54, 1.807) is 12.1 Å². The largest absolute Gasteiger partial charge is 0.373 e. The molecule has 94 valence electrons. The summed E-state index contributed by atoms with van der Waals surface area (Å²) in [5.41, 5.74) is 1.88. The number of halogens is 1. The van der Waals surface area contributed by atoms with Gasteiger partial charge in [0.1, 0.15) is 11.6 Å². The van der Waals surface area contributed by atoms with Gasteiger partial charge in [0.2, 0.25) is 0 Å². The Balaban J connectivity index is 2.44. The maximum atomic E-state index is 12.9. The predicted molar refractivity (Wildman–Crippen MR) is 71.1 cm³/mol. The number of hydrogen-bond donors (Lipinski definition) is 1. The van der Waals surface area contributed by atoms with Crippen molar-refractivity contribution in [1.82, 2.24) is 9.97 Å². The van der Waals surface area contributed by atoms with Crippen molar-refractivity contribution in [3.63, 3.8) is 0 Å². The summed E-state index contributed by atoms with van der Waals surface area (Å²) in [6, 6.07) is 6.18. The van der Waals surface area contributed by atoms with Crippen LogP contribution in [0, 0.1) is 5.82 Å². The maximum absolute atomic E-state index is 12.9. The SMILES string of the molecule is CNc1nc(-c2ccc(F)cc2)ncc1C(C)C. The molecule has 3 nitrogen and oxygen atoms in total. The molecular formula is C14H16FN3. The zero-order valence-corrected chi connectivity index (χ0v) is 10.7. The first-order valence-corrected chi connectivity index (χ1v) is 5.92. The molecule has 0 bridgehead atoms. The molecule has 0 aliphatic heterocycles. The van der Waals surface area contributed by atoms with Gasteiger partial charge in [-0.1, -0.05) is 13.8 Å². The van der Waals surface area contributed by atoms with Gasteiger partial charge in [0, 0.05) is 24.4 Å². The van der Waals surface area contributed by atoms with Gasteiger partial charge in [-0.3, -0.25) is 0 Å². The molecule has 0 fully saturated rings. The second-order valence-corrected chi connectivity index (χ2v) is 4.41. The molecule has 1 aromatic carbocycles. The molecular weight excluding hydrogens is 229 g/mol. The average molecular weight is 245 g/mol. The van der Waals surface area contributed by atoms with Crippen LogP contribution >= 0.6 is 0 Å². The van der Waals surface area contributed by atoms with E-state index in [0.29, 0.717) is 11.7 Å². The van der Waals surface area contributed by atoms with E-state index in [-0.39, 0.29) is 5.82 Å².